The van der Waals surface area contributed by atoms with E-state index >= 15 is 0 Å². The van der Waals surface area contributed by atoms with E-state index in [1.54, 1.807) is 0 Å². The van der Waals surface area contributed by atoms with Gasteiger partial charge in [-0.25, -0.2) is 0 Å². The van der Waals surface area contributed by atoms with E-state index in [1.807, 2.05) is 0 Å². The first-order valence-electron chi connectivity index (χ1n) is 10.2. The minimum absolute atomic E-state index is 0.676. The standard InChI is InChI=1S/C23H39N/c1-4-6-7-8-9-10-11-13-18-23(21-24(3)5-2)20-19-22-16-14-12-15-17-22/h12,14-17,19-20,23H,4-11,13,18,21H2,1-3H3. The van der Waals surface area contributed by atoms with E-state index in [-0.39, 0.29) is 0 Å². The lowest BCUT2D eigenvalue weighted by molar-refractivity contribution is 0.303. The third kappa shape index (κ3) is 10.6. The molecule has 0 aliphatic carbocycles. The molecule has 0 fully saturated rings. The largest absolute Gasteiger partial charge is 0.306 e. The third-order valence-electron chi connectivity index (χ3n) is 4.87. The molecule has 1 nitrogen and oxygen atoms in total. The first-order valence-corrected chi connectivity index (χ1v) is 10.2. The van der Waals surface area contributed by atoms with Crippen molar-refractivity contribution in [3.8, 4) is 0 Å². The molecule has 136 valence electrons. The first kappa shape index (κ1) is 21.0. The topological polar surface area (TPSA) is 3.24 Å². The smallest absolute Gasteiger partial charge is 0.00413 e. The van der Waals surface area contributed by atoms with Crippen molar-refractivity contribution in [1.29, 1.82) is 0 Å². The zero-order valence-corrected chi connectivity index (χ0v) is 16.3. The summed E-state index contributed by atoms with van der Waals surface area (Å²) in [7, 11) is 2.23. The molecule has 0 bridgehead atoms. The Hall–Kier alpha value is -1.08. The van der Waals surface area contributed by atoms with Crippen LogP contribution in [0.15, 0.2) is 36.4 Å². The van der Waals surface area contributed by atoms with Crippen molar-refractivity contribution in [3.05, 3.63) is 42.0 Å². The minimum atomic E-state index is 0.676. The summed E-state index contributed by atoms with van der Waals surface area (Å²) in [4.78, 5) is 2.44. The maximum absolute atomic E-state index is 2.44. The van der Waals surface area contributed by atoms with Crippen molar-refractivity contribution in [3.63, 3.8) is 0 Å². The fraction of sp³-hybridized carbons (Fsp3) is 0.652. The van der Waals surface area contributed by atoms with Gasteiger partial charge in [0.05, 0.1) is 0 Å². The average molecular weight is 330 g/mol. The van der Waals surface area contributed by atoms with Gasteiger partial charge in [-0.1, -0.05) is 108 Å². The van der Waals surface area contributed by atoms with E-state index in [9.17, 15) is 0 Å². The lowest BCUT2D eigenvalue weighted by Gasteiger charge is -2.20. The molecule has 0 saturated carbocycles. The van der Waals surface area contributed by atoms with Crippen LogP contribution in [0.5, 0.6) is 0 Å². The number of nitrogens with zero attached hydrogens (tertiary/aromatic N) is 1. The van der Waals surface area contributed by atoms with Crippen LogP contribution in [0.25, 0.3) is 6.08 Å². The van der Waals surface area contributed by atoms with Gasteiger partial charge in [0.15, 0.2) is 0 Å². The van der Waals surface area contributed by atoms with E-state index in [0.717, 1.165) is 6.54 Å². The van der Waals surface area contributed by atoms with Crippen LogP contribution >= 0.6 is 0 Å². The van der Waals surface area contributed by atoms with Crippen molar-refractivity contribution in [1.82, 2.24) is 4.90 Å². The minimum Gasteiger partial charge on any atom is -0.306 e. The highest BCUT2D eigenvalue weighted by molar-refractivity contribution is 5.48. The average Bonchev–Trinajstić information content (AvgIpc) is 2.62. The maximum Gasteiger partial charge on any atom is 0.00413 e. The van der Waals surface area contributed by atoms with Crippen LogP contribution in [-0.2, 0) is 0 Å². The van der Waals surface area contributed by atoms with Crippen LogP contribution in [0.4, 0.5) is 0 Å². The Labute approximate surface area is 151 Å². The first-order chi connectivity index (χ1) is 11.8. The lowest BCUT2D eigenvalue weighted by atomic mass is 9.98. The molecular formula is C23H39N. The Morgan fingerprint density at radius 3 is 2.12 bits per heavy atom. The van der Waals surface area contributed by atoms with Crippen molar-refractivity contribution in [2.75, 3.05) is 20.1 Å². The molecule has 0 saturated heterocycles. The number of hydrogen-bond acceptors (Lipinski definition) is 1. The summed E-state index contributed by atoms with van der Waals surface area (Å²) < 4.78 is 0. The van der Waals surface area contributed by atoms with Gasteiger partial charge in [0, 0.05) is 6.54 Å². The van der Waals surface area contributed by atoms with Gasteiger partial charge in [-0.2, -0.15) is 0 Å². The van der Waals surface area contributed by atoms with Gasteiger partial charge in [0.2, 0.25) is 0 Å². The van der Waals surface area contributed by atoms with Gasteiger partial charge < -0.3 is 4.90 Å². The monoisotopic (exact) mass is 329 g/mol. The Bertz CT molecular complexity index is 409. The SMILES string of the molecule is CCCCCCCCCCC(C=Cc1ccccc1)CN(C)CC. The molecule has 0 N–H and O–H groups in total. The van der Waals surface area contributed by atoms with Crippen LogP contribution in [0, 0.1) is 5.92 Å². The summed E-state index contributed by atoms with van der Waals surface area (Å²) in [6.07, 6.45) is 17.3. The van der Waals surface area contributed by atoms with Crippen LogP contribution in [0.1, 0.15) is 77.2 Å². The van der Waals surface area contributed by atoms with Crippen molar-refractivity contribution in [2.45, 2.75) is 71.6 Å². The molecular weight excluding hydrogens is 290 g/mol. The molecule has 0 spiro atoms. The van der Waals surface area contributed by atoms with E-state index in [2.05, 4.69) is 68.3 Å². The number of unbranched alkanes of at least 4 members (excludes halogenated alkanes) is 7. The Balaban J connectivity index is 2.30. The predicted molar refractivity (Wildman–Crippen MR) is 109 cm³/mol. The zero-order chi connectivity index (χ0) is 17.5. The molecule has 1 unspecified atom stereocenters. The second-order valence-electron chi connectivity index (χ2n) is 7.15. The second kappa shape index (κ2) is 14.3. The zero-order valence-electron chi connectivity index (χ0n) is 16.3. The molecule has 0 heterocycles. The summed E-state index contributed by atoms with van der Waals surface area (Å²) in [5.41, 5.74) is 1.32. The molecule has 0 amide bonds. The summed E-state index contributed by atoms with van der Waals surface area (Å²) in [6, 6.07) is 10.7. The summed E-state index contributed by atoms with van der Waals surface area (Å²) >= 11 is 0. The van der Waals surface area contributed by atoms with E-state index < -0.39 is 0 Å². The number of hydrogen-bond donors (Lipinski definition) is 0. The molecule has 24 heavy (non-hydrogen) atoms. The number of rotatable bonds is 14. The highest BCUT2D eigenvalue weighted by Gasteiger charge is 2.07. The highest BCUT2D eigenvalue weighted by atomic mass is 15.1. The Kier molecular flexibility index (Phi) is 12.5. The molecule has 0 aliphatic heterocycles. The van der Waals surface area contributed by atoms with Crippen LogP contribution in [0.2, 0.25) is 0 Å². The fourth-order valence-electron chi connectivity index (χ4n) is 3.13. The second-order valence-corrected chi connectivity index (χ2v) is 7.15. The van der Waals surface area contributed by atoms with E-state index in [4.69, 9.17) is 0 Å². The molecule has 0 aromatic heterocycles. The van der Waals surface area contributed by atoms with E-state index in [0.29, 0.717) is 5.92 Å². The maximum atomic E-state index is 2.44. The lowest BCUT2D eigenvalue weighted by Crippen LogP contribution is -2.24. The van der Waals surface area contributed by atoms with Crippen LogP contribution < -0.4 is 0 Å². The van der Waals surface area contributed by atoms with Gasteiger partial charge >= 0.3 is 0 Å². The molecule has 1 aromatic carbocycles. The normalized spacial score (nSPS) is 13.0. The van der Waals surface area contributed by atoms with Crippen molar-refractivity contribution >= 4 is 6.08 Å². The molecule has 1 heteroatoms. The van der Waals surface area contributed by atoms with Crippen LogP contribution in [-0.4, -0.2) is 25.0 Å². The van der Waals surface area contributed by atoms with Gasteiger partial charge in [0.1, 0.15) is 0 Å². The Morgan fingerprint density at radius 1 is 0.875 bits per heavy atom. The quantitative estimate of drug-likeness (QED) is 0.339. The summed E-state index contributed by atoms with van der Waals surface area (Å²) in [5, 5.41) is 0. The van der Waals surface area contributed by atoms with Gasteiger partial charge in [-0.05, 0) is 31.5 Å². The molecule has 1 atom stereocenters. The van der Waals surface area contributed by atoms with Gasteiger partial charge in [0.25, 0.3) is 0 Å². The van der Waals surface area contributed by atoms with Crippen molar-refractivity contribution < 1.29 is 0 Å². The Morgan fingerprint density at radius 2 is 1.50 bits per heavy atom. The molecule has 0 aliphatic rings. The van der Waals surface area contributed by atoms with Crippen LogP contribution in [0.3, 0.4) is 0 Å². The summed E-state index contributed by atoms with van der Waals surface area (Å²) in [5.74, 6) is 0.676. The molecule has 0 radical (unpaired) electrons. The van der Waals surface area contributed by atoms with Gasteiger partial charge in [-0.15, -0.1) is 0 Å². The fourth-order valence-corrected chi connectivity index (χ4v) is 3.13. The van der Waals surface area contributed by atoms with E-state index in [1.165, 1.54) is 69.9 Å². The predicted octanol–water partition coefficient (Wildman–Crippen LogP) is 6.80. The molecule has 1 rings (SSSR count). The third-order valence-corrected chi connectivity index (χ3v) is 4.87. The number of benzene rings is 1. The summed E-state index contributed by atoms with van der Waals surface area (Å²) in [6.45, 7) is 6.84. The highest BCUT2D eigenvalue weighted by Crippen LogP contribution is 2.16. The van der Waals surface area contributed by atoms with Crippen molar-refractivity contribution in [2.24, 2.45) is 5.92 Å². The molecule has 1 aromatic rings. The van der Waals surface area contributed by atoms with Gasteiger partial charge in [-0.3, -0.25) is 0 Å².